The number of ether oxygens (including phenoxy) is 1. The van der Waals surface area contributed by atoms with Gasteiger partial charge in [-0.15, -0.1) is 0 Å². The van der Waals surface area contributed by atoms with Gasteiger partial charge in [-0.05, 0) is 42.7 Å². The minimum Gasteiger partial charge on any atom is -0.493 e. The zero-order valence-electron chi connectivity index (χ0n) is 11.9. The number of hydrogen-bond donors (Lipinski definition) is 1. The molecule has 0 aliphatic rings. The van der Waals surface area contributed by atoms with Crippen LogP contribution in [0.5, 0.6) is 5.75 Å². The van der Waals surface area contributed by atoms with Gasteiger partial charge in [0.25, 0.3) is 0 Å². The van der Waals surface area contributed by atoms with Gasteiger partial charge in [-0.25, -0.2) is 0 Å². The minimum absolute atomic E-state index is 0.208. The molecular formula is C17H20ClNO. The van der Waals surface area contributed by atoms with E-state index in [0.717, 1.165) is 33.9 Å². The second-order valence-corrected chi connectivity index (χ2v) is 5.30. The van der Waals surface area contributed by atoms with Crippen LogP contribution >= 0.6 is 11.6 Å². The van der Waals surface area contributed by atoms with Gasteiger partial charge in [0.2, 0.25) is 0 Å². The molecule has 1 atom stereocenters. The molecule has 0 radical (unpaired) electrons. The Bertz CT molecular complexity index is 583. The van der Waals surface area contributed by atoms with E-state index in [1.807, 2.05) is 49.4 Å². The molecule has 0 amide bonds. The maximum atomic E-state index is 6.42. The molecule has 0 fully saturated rings. The Morgan fingerprint density at radius 3 is 2.60 bits per heavy atom. The van der Waals surface area contributed by atoms with E-state index in [-0.39, 0.29) is 6.04 Å². The maximum Gasteiger partial charge on any atom is 0.124 e. The van der Waals surface area contributed by atoms with Crippen LogP contribution in [0, 0.1) is 6.92 Å². The van der Waals surface area contributed by atoms with Crippen molar-refractivity contribution in [1.82, 2.24) is 0 Å². The Labute approximate surface area is 125 Å². The van der Waals surface area contributed by atoms with E-state index in [9.17, 15) is 0 Å². The van der Waals surface area contributed by atoms with Crippen LogP contribution in [-0.2, 0) is 0 Å². The second-order valence-electron chi connectivity index (χ2n) is 4.86. The Balaban J connectivity index is 2.35. The van der Waals surface area contributed by atoms with E-state index in [1.54, 1.807) is 0 Å². The average molecular weight is 290 g/mol. The Morgan fingerprint density at radius 2 is 1.90 bits per heavy atom. The van der Waals surface area contributed by atoms with Gasteiger partial charge in [0.1, 0.15) is 5.75 Å². The first-order valence-corrected chi connectivity index (χ1v) is 7.24. The van der Waals surface area contributed by atoms with Crippen molar-refractivity contribution in [1.29, 1.82) is 0 Å². The van der Waals surface area contributed by atoms with Gasteiger partial charge < -0.3 is 10.5 Å². The van der Waals surface area contributed by atoms with Crippen LogP contribution in [0.2, 0.25) is 5.02 Å². The summed E-state index contributed by atoms with van der Waals surface area (Å²) in [7, 11) is 0. The van der Waals surface area contributed by atoms with E-state index in [1.165, 1.54) is 0 Å². The molecule has 2 nitrogen and oxygen atoms in total. The molecule has 0 spiro atoms. The fraction of sp³-hybridized carbons (Fsp3) is 0.294. The van der Waals surface area contributed by atoms with Gasteiger partial charge >= 0.3 is 0 Å². The number of hydrogen-bond acceptors (Lipinski definition) is 2. The molecule has 3 heteroatoms. The van der Waals surface area contributed by atoms with Crippen LogP contribution < -0.4 is 10.5 Å². The lowest BCUT2D eigenvalue weighted by Crippen LogP contribution is -2.15. The number of para-hydroxylation sites is 1. The molecule has 1 unspecified atom stereocenters. The summed E-state index contributed by atoms with van der Waals surface area (Å²) in [5.74, 6) is 0.858. The monoisotopic (exact) mass is 289 g/mol. The van der Waals surface area contributed by atoms with Gasteiger partial charge in [-0.3, -0.25) is 0 Å². The number of halogens is 1. The molecule has 0 aromatic heterocycles. The van der Waals surface area contributed by atoms with Crippen molar-refractivity contribution >= 4 is 11.6 Å². The SMILES string of the molecule is CCCOc1ccccc1C(N)c1ccc(Cl)cc1C. The molecule has 2 aromatic carbocycles. The number of aryl methyl sites for hydroxylation is 1. The average Bonchev–Trinajstić information content (AvgIpc) is 2.45. The highest BCUT2D eigenvalue weighted by Gasteiger charge is 2.15. The van der Waals surface area contributed by atoms with Crippen molar-refractivity contribution in [3.8, 4) is 5.75 Å². The van der Waals surface area contributed by atoms with Gasteiger partial charge in [0.05, 0.1) is 12.6 Å². The van der Waals surface area contributed by atoms with Crippen LogP contribution in [-0.4, -0.2) is 6.61 Å². The quantitative estimate of drug-likeness (QED) is 0.880. The molecule has 0 aliphatic carbocycles. The summed E-state index contributed by atoms with van der Waals surface area (Å²) in [5, 5.41) is 0.731. The van der Waals surface area contributed by atoms with E-state index in [2.05, 4.69) is 6.92 Å². The van der Waals surface area contributed by atoms with Crippen LogP contribution in [0.1, 0.15) is 36.1 Å². The predicted octanol–water partition coefficient (Wildman–Crippen LogP) is 4.49. The number of nitrogens with two attached hydrogens (primary N) is 1. The van der Waals surface area contributed by atoms with Crippen molar-refractivity contribution in [3.63, 3.8) is 0 Å². The van der Waals surface area contributed by atoms with Crippen LogP contribution in [0.4, 0.5) is 0 Å². The molecule has 0 heterocycles. The minimum atomic E-state index is -0.208. The third-order valence-corrected chi connectivity index (χ3v) is 3.52. The summed E-state index contributed by atoms with van der Waals surface area (Å²) in [4.78, 5) is 0. The van der Waals surface area contributed by atoms with Gasteiger partial charge in [-0.2, -0.15) is 0 Å². The first-order valence-electron chi connectivity index (χ1n) is 6.86. The molecule has 0 saturated heterocycles. The van der Waals surface area contributed by atoms with Crippen LogP contribution in [0.15, 0.2) is 42.5 Å². The van der Waals surface area contributed by atoms with Gasteiger partial charge in [0.15, 0.2) is 0 Å². The first-order chi connectivity index (χ1) is 9.63. The van der Waals surface area contributed by atoms with Crippen molar-refractivity contribution in [2.75, 3.05) is 6.61 Å². The molecule has 106 valence electrons. The van der Waals surface area contributed by atoms with Crippen molar-refractivity contribution in [2.24, 2.45) is 5.73 Å². The number of rotatable bonds is 5. The van der Waals surface area contributed by atoms with E-state index >= 15 is 0 Å². The lowest BCUT2D eigenvalue weighted by Gasteiger charge is -2.19. The molecule has 2 N–H and O–H groups in total. The van der Waals surface area contributed by atoms with E-state index < -0.39 is 0 Å². The molecule has 0 saturated carbocycles. The summed E-state index contributed by atoms with van der Waals surface area (Å²) >= 11 is 6.00. The highest BCUT2D eigenvalue weighted by Crippen LogP contribution is 2.30. The lowest BCUT2D eigenvalue weighted by molar-refractivity contribution is 0.313. The number of benzene rings is 2. The first kappa shape index (κ1) is 14.9. The zero-order valence-corrected chi connectivity index (χ0v) is 12.7. The largest absolute Gasteiger partial charge is 0.493 e. The summed E-state index contributed by atoms with van der Waals surface area (Å²) in [6, 6.07) is 13.5. The second kappa shape index (κ2) is 6.78. The predicted molar refractivity (Wildman–Crippen MR) is 84.4 cm³/mol. The Morgan fingerprint density at radius 1 is 1.15 bits per heavy atom. The van der Waals surface area contributed by atoms with E-state index in [4.69, 9.17) is 22.1 Å². The summed E-state index contributed by atoms with van der Waals surface area (Å²) in [6.07, 6.45) is 0.976. The van der Waals surface area contributed by atoms with Crippen LogP contribution in [0.3, 0.4) is 0 Å². The van der Waals surface area contributed by atoms with Crippen molar-refractivity contribution in [3.05, 3.63) is 64.2 Å². The Hall–Kier alpha value is -1.51. The highest BCUT2D eigenvalue weighted by atomic mass is 35.5. The smallest absolute Gasteiger partial charge is 0.124 e. The highest BCUT2D eigenvalue weighted by molar-refractivity contribution is 6.30. The molecule has 0 aliphatic heterocycles. The zero-order chi connectivity index (χ0) is 14.5. The molecule has 2 aromatic rings. The van der Waals surface area contributed by atoms with Crippen molar-refractivity contribution < 1.29 is 4.74 Å². The topological polar surface area (TPSA) is 35.2 Å². The van der Waals surface area contributed by atoms with Gasteiger partial charge in [-0.1, -0.05) is 42.8 Å². The summed E-state index contributed by atoms with van der Waals surface area (Å²) < 4.78 is 5.79. The summed E-state index contributed by atoms with van der Waals surface area (Å²) in [5.41, 5.74) is 9.59. The van der Waals surface area contributed by atoms with Crippen molar-refractivity contribution in [2.45, 2.75) is 26.3 Å². The lowest BCUT2D eigenvalue weighted by atomic mass is 9.95. The molecular weight excluding hydrogens is 270 g/mol. The normalized spacial score (nSPS) is 12.2. The van der Waals surface area contributed by atoms with Crippen LogP contribution in [0.25, 0.3) is 0 Å². The van der Waals surface area contributed by atoms with Gasteiger partial charge in [0, 0.05) is 10.6 Å². The third-order valence-electron chi connectivity index (χ3n) is 3.28. The Kier molecular flexibility index (Phi) is 5.05. The standard InChI is InChI=1S/C17H20ClNO/c1-3-10-20-16-7-5-4-6-15(16)17(19)14-9-8-13(18)11-12(14)2/h4-9,11,17H,3,10,19H2,1-2H3. The summed E-state index contributed by atoms with van der Waals surface area (Å²) in [6.45, 7) is 4.81. The van der Waals surface area contributed by atoms with E-state index in [0.29, 0.717) is 6.61 Å². The third kappa shape index (κ3) is 3.33. The fourth-order valence-corrected chi connectivity index (χ4v) is 2.46. The molecule has 0 bridgehead atoms. The molecule has 20 heavy (non-hydrogen) atoms. The molecule has 2 rings (SSSR count). The maximum absolute atomic E-state index is 6.42. The fourth-order valence-electron chi connectivity index (χ4n) is 2.24.